The van der Waals surface area contributed by atoms with E-state index in [9.17, 15) is 4.79 Å². The molecule has 0 aliphatic heterocycles. The van der Waals surface area contributed by atoms with E-state index >= 15 is 0 Å². The van der Waals surface area contributed by atoms with Gasteiger partial charge in [-0.15, -0.1) is 0 Å². The van der Waals surface area contributed by atoms with Gasteiger partial charge < -0.3 is 20.5 Å². The number of ether oxygens (including phenoxy) is 2. The Balaban J connectivity index is 2.88. The normalized spacial score (nSPS) is 11.9. The largest absolute Gasteiger partial charge is 0.493 e. The first-order chi connectivity index (χ1) is 8.62. The van der Waals surface area contributed by atoms with Crippen LogP contribution < -0.4 is 20.5 Å². The van der Waals surface area contributed by atoms with Crippen molar-refractivity contribution in [1.82, 2.24) is 5.32 Å². The second-order valence-electron chi connectivity index (χ2n) is 3.92. The Hall–Kier alpha value is -1.75. The SMILES string of the molecule is CCC(NCC(N)=O)c1ccc(OC)c(OC)c1. The molecule has 3 N–H and O–H groups in total. The summed E-state index contributed by atoms with van der Waals surface area (Å²) in [7, 11) is 3.19. The molecule has 0 bridgehead atoms. The van der Waals surface area contributed by atoms with Gasteiger partial charge in [-0.1, -0.05) is 13.0 Å². The van der Waals surface area contributed by atoms with Crippen LogP contribution in [0.1, 0.15) is 24.9 Å². The summed E-state index contributed by atoms with van der Waals surface area (Å²) in [5, 5.41) is 3.10. The van der Waals surface area contributed by atoms with Crippen molar-refractivity contribution < 1.29 is 14.3 Å². The number of primary amides is 1. The molecule has 0 saturated heterocycles. The van der Waals surface area contributed by atoms with E-state index in [-0.39, 0.29) is 18.5 Å². The van der Waals surface area contributed by atoms with E-state index in [4.69, 9.17) is 15.2 Å². The lowest BCUT2D eigenvalue weighted by Crippen LogP contribution is -2.31. The lowest BCUT2D eigenvalue weighted by molar-refractivity contribution is -0.117. The fourth-order valence-electron chi connectivity index (χ4n) is 1.79. The van der Waals surface area contributed by atoms with Gasteiger partial charge in [0.1, 0.15) is 0 Å². The van der Waals surface area contributed by atoms with Gasteiger partial charge in [-0.2, -0.15) is 0 Å². The highest BCUT2D eigenvalue weighted by atomic mass is 16.5. The van der Waals surface area contributed by atoms with E-state index in [2.05, 4.69) is 5.32 Å². The Labute approximate surface area is 107 Å². The minimum Gasteiger partial charge on any atom is -0.493 e. The third-order valence-corrected chi connectivity index (χ3v) is 2.74. The zero-order chi connectivity index (χ0) is 13.5. The number of amides is 1. The van der Waals surface area contributed by atoms with Gasteiger partial charge in [0.2, 0.25) is 5.91 Å². The maximum atomic E-state index is 10.8. The summed E-state index contributed by atoms with van der Waals surface area (Å²) in [5.74, 6) is 0.995. The van der Waals surface area contributed by atoms with Crippen LogP contribution in [0.4, 0.5) is 0 Å². The third-order valence-electron chi connectivity index (χ3n) is 2.74. The van der Waals surface area contributed by atoms with Crippen LogP contribution in [0.5, 0.6) is 11.5 Å². The standard InChI is InChI=1S/C13H20N2O3/c1-4-10(15-8-13(14)16)9-5-6-11(17-2)12(7-9)18-3/h5-7,10,15H,4,8H2,1-3H3,(H2,14,16). The molecule has 0 spiro atoms. The van der Waals surface area contributed by atoms with Gasteiger partial charge in [0, 0.05) is 6.04 Å². The van der Waals surface area contributed by atoms with E-state index in [1.807, 2.05) is 25.1 Å². The number of carbonyl (C=O) groups is 1. The van der Waals surface area contributed by atoms with Gasteiger partial charge >= 0.3 is 0 Å². The van der Waals surface area contributed by atoms with Gasteiger partial charge in [-0.3, -0.25) is 4.79 Å². The zero-order valence-corrected chi connectivity index (χ0v) is 11.0. The van der Waals surface area contributed by atoms with Crippen LogP contribution in [0.2, 0.25) is 0 Å². The second kappa shape index (κ2) is 6.86. The summed E-state index contributed by atoms with van der Waals surface area (Å²) in [6.45, 7) is 2.20. The molecule has 1 amide bonds. The fraction of sp³-hybridized carbons (Fsp3) is 0.462. The smallest absolute Gasteiger partial charge is 0.231 e. The topological polar surface area (TPSA) is 73.6 Å². The predicted molar refractivity (Wildman–Crippen MR) is 69.8 cm³/mol. The third kappa shape index (κ3) is 3.63. The van der Waals surface area contributed by atoms with E-state index in [0.29, 0.717) is 11.5 Å². The van der Waals surface area contributed by atoms with E-state index in [0.717, 1.165) is 12.0 Å². The van der Waals surface area contributed by atoms with Crippen LogP contribution in [-0.4, -0.2) is 26.7 Å². The van der Waals surface area contributed by atoms with Gasteiger partial charge in [-0.25, -0.2) is 0 Å². The first kappa shape index (κ1) is 14.3. The van der Waals surface area contributed by atoms with Crippen LogP contribution >= 0.6 is 0 Å². The highest BCUT2D eigenvalue weighted by molar-refractivity contribution is 5.75. The number of hydrogen-bond donors (Lipinski definition) is 2. The van der Waals surface area contributed by atoms with E-state index in [1.54, 1.807) is 14.2 Å². The molecule has 0 heterocycles. The molecule has 1 aromatic rings. The summed E-state index contributed by atoms with van der Waals surface area (Å²) in [4.78, 5) is 10.8. The highest BCUT2D eigenvalue weighted by Crippen LogP contribution is 2.30. The van der Waals surface area contributed by atoms with Crippen LogP contribution in [0.3, 0.4) is 0 Å². The van der Waals surface area contributed by atoms with Crippen molar-refractivity contribution >= 4 is 5.91 Å². The Morgan fingerprint density at radius 2 is 2.00 bits per heavy atom. The molecule has 1 aromatic carbocycles. The van der Waals surface area contributed by atoms with E-state index < -0.39 is 0 Å². The van der Waals surface area contributed by atoms with Gasteiger partial charge in [0.25, 0.3) is 0 Å². The highest BCUT2D eigenvalue weighted by Gasteiger charge is 2.12. The van der Waals surface area contributed by atoms with Crippen molar-refractivity contribution in [1.29, 1.82) is 0 Å². The van der Waals surface area contributed by atoms with Gasteiger partial charge in [-0.05, 0) is 24.1 Å². The summed E-state index contributed by atoms with van der Waals surface area (Å²) < 4.78 is 10.4. The number of rotatable bonds is 7. The summed E-state index contributed by atoms with van der Waals surface area (Å²) in [5.41, 5.74) is 6.17. The van der Waals surface area contributed by atoms with Crippen LogP contribution in [-0.2, 0) is 4.79 Å². The van der Waals surface area contributed by atoms with Crippen molar-refractivity contribution in [3.8, 4) is 11.5 Å². The fourth-order valence-corrected chi connectivity index (χ4v) is 1.79. The van der Waals surface area contributed by atoms with Gasteiger partial charge in [0.05, 0.1) is 20.8 Å². The van der Waals surface area contributed by atoms with Gasteiger partial charge in [0.15, 0.2) is 11.5 Å². The average Bonchev–Trinajstić information content (AvgIpc) is 2.38. The van der Waals surface area contributed by atoms with Crippen molar-refractivity contribution in [3.05, 3.63) is 23.8 Å². The Bertz CT molecular complexity index is 407. The molecule has 1 atom stereocenters. The van der Waals surface area contributed by atoms with Crippen LogP contribution in [0.15, 0.2) is 18.2 Å². The number of nitrogens with one attached hydrogen (secondary N) is 1. The van der Waals surface area contributed by atoms with Crippen molar-refractivity contribution in [2.45, 2.75) is 19.4 Å². The molecule has 0 fully saturated rings. The zero-order valence-electron chi connectivity index (χ0n) is 11.0. The maximum Gasteiger partial charge on any atom is 0.231 e. The number of carbonyl (C=O) groups excluding carboxylic acids is 1. The molecule has 5 nitrogen and oxygen atoms in total. The molecule has 1 rings (SSSR count). The maximum absolute atomic E-state index is 10.8. The van der Waals surface area contributed by atoms with Crippen molar-refractivity contribution in [3.63, 3.8) is 0 Å². The van der Waals surface area contributed by atoms with Crippen LogP contribution in [0.25, 0.3) is 0 Å². The molecule has 5 heteroatoms. The molecular formula is C13H20N2O3. The predicted octanol–water partition coefficient (Wildman–Crippen LogP) is 1.23. The summed E-state index contributed by atoms with van der Waals surface area (Å²) >= 11 is 0. The Morgan fingerprint density at radius 1 is 1.33 bits per heavy atom. The molecule has 100 valence electrons. The first-order valence-corrected chi connectivity index (χ1v) is 5.86. The second-order valence-corrected chi connectivity index (χ2v) is 3.92. The number of hydrogen-bond acceptors (Lipinski definition) is 4. The number of nitrogens with two attached hydrogens (primary N) is 1. The van der Waals surface area contributed by atoms with Crippen LogP contribution in [0, 0.1) is 0 Å². The minimum atomic E-state index is -0.367. The number of methoxy groups -OCH3 is 2. The lowest BCUT2D eigenvalue weighted by Gasteiger charge is -2.18. The molecule has 0 aliphatic rings. The van der Waals surface area contributed by atoms with Crippen molar-refractivity contribution in [2.24, 2.45) is 5.73 Å². The molecule has 1 unspecified atom stereocenters. The summed E-state index contributed by atoms with van der Waals surface area (Å²) in [6, 6.07) is 5.77. The number of benzene rings is 1. The molecular weight excluding hydrogens is 232 g/mol. The summed E-state index contributed by atoms with van der Waals surface area (Å²) in [6.07, 6.45) is 0.850. The minimum absolute atomic E-state index is 0.0670. The van der Waals surface area contributed by atoms with E-state index in [1.165, 1.54) is 0 Å². The molecule has 0 aromatic heterocycles. The first-order valence-electron chi connectivity index (χ1n) is 5.86. The Morgan fingerprint density at radius 3 is 2.50 bits per heavy atom. The average molecular weight is 252 g/mol. The molecule has 0 saturated carbocycles. The lowest BCUT2D eigenvalue weighted by atomic mass is 10.0. The van der Waals surface area contributed by atoms with Crippen molar-refractivity contribution in [2.75, 3.05) is 20.8 Å². The molecule has 0 aliphatic carbocycles. The monoisotopic (exact) mass is 252 g/mol. The molecule has 18 heavy (non-hydrogen) atoms. The Kier molecular flexibility index (Phi) is 5.45. The quantitative estimate of drug-likeness (QED) is 0.765. The molecule has 0 radical (unpaired) electrons.